The van der Waals surface area contributed by atoms with E-state index in [1.165, 1.54) is 0 Å². The molecule has 8 heteroatoms. The highest BCUT2D eigenvalue weighted by molar-refractivity contribution is 7.92. The second kappa shape index (κ2) is 9.46. The number of carbonyl (C=O) groups excluding carboxylic acids is 2. The zero-order chi connectivity index (χ0) is 23.4. The molecule has 7 nitrogen and oxygen atoms in total. The lowest BCUT2D eigenvalue weighted by atomic mass is 10.00. The van der Waals surface area contributed by atoms with Crippen molar-refractivity contribution in [1.82, 2.24) is 0 Å². The van der Waals surface area contributed by atoms with Gasteiger partial charge in [0.25, 0.3) is 0 Å². The Bertz CT molecular complexity index is 1290. The standard InChI is InChI=1S/C25H25N3O4S/c1-33(31,32)27-22-14-7-15-23-19(22)12-8-16-28(23)17-24(29)26-21-13-6-5-11-20(21)25(30)18-9-3-2-4-10-18/h2-7,9-11,13-15,27H,8,12,16-17H2,1H3,(H,26,29). The quantitative estimate of drug-likeness (QED) is 0.521. The van der Waals surface area contributed by atoms with Crippen LogP contribution in [0.15, 0.2) is 72.8 Å². The molecule has 1 heterocycles. The summed E-state index contributed by atoms with van der Waals surface area (Å²) in [5.74, 6) is -0.413. The number of carbonyl (C=O) groups is 2. The van der Waals surface area contributed by atoms with Gasteiger partial charge in [-0.15, -0.1) is 0 Å². The van der Waals surface area contributed by atoms with Crippen LogP contribution in [0.4, 0.5) is 17.1 Å². The van der Waals surface area contributed by atoms with E-state index in [2.05, 4.69) is 10.0 Å². The van der Waals surface area contributed by atoms with Gasteiger partial charge in [0.05, 0.1) is 24.2 Å². The molecule has 0 spiro atoms. The topological polar surface area (TPSA) is 95.6 Å². The number of sulfonamides is 1. The van der Waals surface area contributed by atoms with Crippen LogP contribution in [0.3, 0.4) is 0 Å². The van der Waals surface area contributed by atoms with Crippen LogP contribution >= 0.6 is 0 Å². The number of hydrogen-bond acceptors (Lipinski definition) is 5. The van der Waals surface area contributed by atoms with Crippen molar-refractivity contribution >= 4 is 38.8 Å². The maximum absolute atomic E-state index is 12.9. The Morgan fingerprint density at radius 3 is 2.36 bits per heavy atom. The highest BCUT2D eigenvalue weighted by Gasteiger charge is 2.23. The fraction of sp³-hybridized carbons (Fsp3) is 0.200. The monoisotopic (exact) mass is 463 g/mol. The fourth-order valence-electron chi connectivity index (χ4n) is 4.06. The zero-order valence-electron chi connectivity index (χ0n) is 18.2. The van der Waals surface area contributed by atoms with Gasteiger partial charge in [-0.3, -0.25) is 14.3 Å². The Kier molecular flexibility index (Phi) is 6.46. The summed E-state index contributed by atoms with van der Waals surface area (Å²) in [6, 6.07) is 21.3. The molecule has 3 aromatic rings. The molecule has 0 radical (unpaired) electrons. The van der Waals surface area contributed by atoms with Gasteiger partial charge >= 0.3 is 0 Å². The Balaban J connectivity index is 1.53. The number of amides is 1. The summed E-state index contributed by atoms with van der Waals surface area (Å²) in [7, 11) is -3.41. The van der Waals surface area contributed by atoms with Gasteiger partial charge in [0.1, 0.15) is 0 Å². The average molecular weight is 464 g/mol. The summed E-state index contributed by atoms with van der Waals surface area (Å²) in [5, 5.41) is 2.88. The van der Waals surface area contributed by atoms with Gasteiger partial charge in [0.2, 0.25) is 15.9 Å². The molecule has 4 rings (SSSR count). The molecule has 0 unspecified atom stereocenters. The molecule has 2 N–H and O–H groups in total. The number of rotatable bonds is 7. The lowest BCUT2D eigenvalue weighted by molar-refractivity contribution is -0.115. The van der Waals surface area contributed by atoms with Crippen molar-refractivity contribution in [2.24, 2.45) is 0 Å². The molecule has 0 bridgehead atoms. The van der Waals surface area contributed by atoms with E-state index in [1.54, 1.807) is 60.7 Å². The van der Waals surface area contributed by atoms with Gasteiger partial charge in [0.15, 0.2) is 5.78 Å². The van der Waals surface area contributed by atoms with Crippen LogP contribution in [0.2, 0.25) is 0 Å². The summed E-state index contributed by atoms with van der Waals surface area (Å²) in [6.45, 7) is 0.760. The van der Waals surface area contributed by atoms with E-state index in [0.29, 0.717) is 29.0 Å². The van der Waals surface area contributed by atoms with Crippen molar-refractivity contribution in [3.8, 4) is 0 Å². The summed E-state index contributed by atoms with van der Waals surface area (Å²) in [5.41, 5.74) is 3.69. The highest BCUT2D eigenvalue weighted by atomic mass is 32.2. The third-order valence-corrected chi connectivity index (χ3v) is 6.05. The van der Waals surface area contributed by atoms with Crippen molar-refractivity contribution in [2.75, 3.05) is 34.3 Å². The smallest absolute Gasteiger partial charge is 0.243 e. The second-order valence-electron chi connectivity index (χ2n) is 7.99. The number of anilines is 3. The van der Waals surface area contributed by atoms with Crippen LogP contribution in [-0.4, -0.2) is 39.5 Å². The number of hydrogen-bond donors (Lipinski definition) is 2. The van der Waals surface area contributed by atoms with Gasteiger partial charge < -0.3 is 10.2 Å². The zero-order valence-corrected chi connectivity index (χ0v) is 19.1. The van der Waals surface area contributed by atoms with E-state index < -0.39 is 10.0 Å². The minimum Gasteiger partial charge on any atom is -0.362 e. The molecule has 0 aliphatic carbocycles. The van der Waals surface area contributed by atoms with E-state index in [0.717, 1.165) is 30.3 Å². The number of nitrogens with one attached hydrogen (secondary N) is 2. The molecule has 0 fully saturated rings. The Morgan fingerprint density at radius 2 is 1.61 bits per heavy atom. The van der Waals surface area contributed by atoms with Crippen molar-refractivity contribution in [3.63, 3.8) is 0 Å². The molecule has 1 aliphatic heterocycles. The van der Waals surface area contributed by atoms with Crippen LogP contribution in [0, 0.1) is 0 Å². The second-order valence-corrected chi connectivity index (χ2v) is 9.74. The normalized spacial score (nSPS) is 13.2. The minimum absolute atomic E-state index is 0.0865. The summed E-state index contributed by atoms with van der Waals surface area (Å²) in [6.07, 6.45) is 2.64. The lowest BCUT2D eigenvalue weighted by Gasteiger charge is -2.32. The van der Waals surface area contributed by atoms with E-state index in [4.69, 9.17) is 0 Å². The van der Waals surface area contributed by atoms with Crippen LogP contribution in [-0.2, 0) is 21.2 Å². The first-order chi connectivity index (χ1) is 15.8. The van der Waals surface area contributed by atoms with E-state index in [-0.39, 0.29) is 18.2 Å². The largest absolute Gasteiger partial charge is 0.362 e. The van der Waals surface area contributed by atoms with Crippen molar-refractivity contribution in [3.05, 3.63) is 89.5 Å². The van der Waals surface area contributed by atoms with E-state index in [1.807, 2.05) is 17.0 Å². The Hall–Kier alpha value is -3.65. The predicted molar refractivity (Wildman–Crippen MR) is 130 cm³/mol. The van der Waals surface area contributed by atoms with Crippen molar-refractivity contribution in [1.29, 1.82) is 0 Å². The number of fused-ring (bicyclic) bond motifs is 1. The first-order valence-electron chi connectivity index (χ1n) is 10.6. The van der Waals surface area contributed by atoms with Gasteiger partial charge in [-0.25, -0.2) is 8.42 Å². The molecule has 0 atom stereocenters. The van der Waals surface area contributed by atoms with E-state index in [9.17, 15) is 18.0 Å². The molecule has 3 aromatic carbocycles. The molecule has 1 amide bonds. The van der Waals surface area contributed by atoms with Crippen LogP contribution in [0.25, 0.3) is 0 Å². The molecule has 0 saturated heterocycles. The summed E-state index contributed by atoms with van der Waals surface area (Å²) < 4.78 is 26.0. The molecule has 0 saturated carbocycles. The summed E-state index contributed by atoms with van der Waals surface area (Å²) in [4.78, 5) is 27.8. The highest BCUT2D eigenvalue weighted by Crippen LogP contribution is 2.33. The van der Waals surface area contributed by atoms with Crippen molar-refractivity contribution < 1.29 is 18.0 Å². The van der Waals surface area contributed by atoms with Gasteiger partial charge in [-0.2, -0.15) is 0 Å². The van der Waals surface area contributed by atoms with E-state index >= 15 is 0 Å². The maximum Gasteiger partial charge on any atom is 0.243 e. The number of para-hydroxylation sites is 1. The molecular formula is C25H25N3O4S. The van der Waals surface area contributed by atoms with Gasteiger partial charge in [0, 0.05) is 23.4 Å². The third kappa shape index (κ3) is 5.40. The lowest BCUT2D eigenvalue weighted by Crippen LogP contribution is -2.37. The van der Waals surface area contributed by atoms with Crippen LogP contribution < -0.4 is 14.9 Å². The van der Waals surface area contributed by atoms with Gasteiger partial charge in [-0.05, 0) is 42.7 Å². The maximum atomic E-state index is 12.9. The molecule has 33 heavy (non-hydrogen) atoms. The average Bonchev–Trinajstić information content (AvgIpc) is 2.79. The number of ketones is 1. The fourth-order valence-corrected chi connectivity index (χ4v) is 4.65. The Morgan fingerprint density at radius 1 is 0.909 bits per heavy atom. The minimum atomic E-state index is -3.41. The molecule has 1 aliphatic rings. The van der Waals surface area contributed by atoms with Crippen molar-refractivity contribution in [2.45, 2.75) is 12.8 Å². The third-order valence-electron chi connectivity index (χ3n) is 5.46. The molecule has 0 aromatic heterocycles. The molecular weight excluding hydrogens is 438 g/mol. The molecule has 170 valence electrons. The Labute approximate surface area is 193 Å². The van der Waals surface area contributed by atoms with Crippen LogP contribution in [0.5, 0.6) is 0 Å². The summed E-state index contributed by atoms with van der Waals surface area (Å²) >= 11 is 0. The SMILES string of the molecule is CS(=O)(=O)Nc1cccc2c1CCCN2CC(=O)Nc1ccccc1C(=O)c1ccccc1. The van der Waals surface area contributed by atoms with Crippen LogP contribution in [0.1, 0.15) is 27.9 Å². The first-order valence-corrected chi connectivity index (χ1v) is 12.5. The number of nitrogens with zero attached hydrogens (tertiary/aromatic N) is 1. The van der Waals surface area contributed by atoms with Gasteiger partial charge in [-0.1, -0.05) is 48.5 Å². The number of benzene rings is 3. The predicted octanol–water partition coefficient (Wildman–Crippen LogP) is 3.68. The first kappa shape index (κ1) is 22.5.